The first-order valence-corrected chi connectivity index (χ1v) is 6.80. The van der Waals surface area contributed by atoms with E-state index in [4.69, 9.17) is 16.7 Å². The summed E-state index contributed by atoms with van der Waals surface area (Å²) in [7, 11) is 0. The zero-order valence-electron chi connectivity index (χ0n) is 10.8. The van der Waals surface area contributed by atoms with Crippen LogP contribution in [0.1, 0.15) is 11.3 Å². The molecule has 1 aromatic heterocycles. The van der Waals surface area contributed by atoms with Crippen molar-refractivity contribution in [2.24, 2.45) is 0 Å². The Morgan fingerprint density at radius 3 is 2.85 bits per heavy atom. The van der Waals surface area contributed by atoms with Crippen molar-refractivity contribution in [1.29, 1.82) is 0 Å². The van der Waals surface area contributed by atoms with Gasteiger partial charge in [0.1, 0.15) is 6.54 Å². The summed E-state index contributed by atoms with van der Waals surface area (Å²) < 4.78 is 1.60. The lowest BCUT2D eigenvalue weighted by Crippen LogP contribution is -2.25. The van der Waals surface area contributed by atoms with Crippen LogP contribution < -0.4 is 5.32 Å². The molecule has 2 aromatic rings. The summed E-state index contributed by atoms with van der Waals surface area (Å²) in [4.78, 5) is 11.0. The lowest BCUT2D eigenvalue weighted by molar-refractivity contribution is -0.137. The van der Waals surface area contributed by atoms with Crippen molar-refractivity contribution in [2.75, 3.05) is 6.54 Å². The predicted octanol–water partition coefficient (Wildman–Crippen LogP) is 1.93. The van der Waals surface area contributed by atoms with Crippen LogP contribution >= 0.6 is 11.6 Å². The Kier molecular flexibility index (Phi) is 3.46. The van der Waals surface area contributed by atoms with E-state index in [2.05, 4.69) is 10.4 Å². The number of aliphatic carboxylic acids is 1. The lowest BCUT2D eigenvalue weighted by atomic mass is 10.0. The van der Waals surface area contributed by atoms with Gasteiger partial charge in [0.05, 0.1) is 5.69 Å². The Balaban J connectivity index is 2.08. The summed E-state index contributed by atoms with van der Waals surface area (Å²) in [5.74, 6) is -0.878. The summed E-state index contributed by atoms with van der Waals surface area (Å²) in [6, 6.07) is 7.45. The van der Waals surface area contributed by atoms with E-state index in [9.17, 15) is 4.79 Å². The predicted molar refractivity (Wildman–Crippen MR) is 75.7 cm³/mol. The molecule has 2 N–H and O–H groups in total. The van der Waals surface area contributed by atoms with Crippen molar-refractivity contribution in [1.82, 2.24) is 15.1 Å². The number of rotatable bonds is 3. The molecule has 1 aliphatic rings. The molecule has 0 saturated heterocycles. The van der Waals surface area contributed by atoms with Crippen LogP contribution in [0, 0.1) is 0 Å². The minimum atomic E-state index is -0.878. The van der Waals surface area contributed by atoms with Gasteiger partial charge in [-0.1, -0.05) is 23.7 Å². The molecule has 0 radical (unpaired) electrons. The zero-order valence-corrected chi connectivity index (χ0v) is 11.5. The number of halogens is 1. The molecular formula is C14H14ClN3O2. The SMILES string of the molecule is O=C(O)Cn1nc(-c2ccc(Cl)cc2)c2c1CCNC2. The third kappa shape index (κ3) is 2.42. The van der Waals surface area contributed by atoms with Gasteiger partial charge in [-0.05, 0) is 12.1 Å². The summed E-state index contributed by atoms with van der Waals surface area (Å²) in [6.07, 6.45) is 0.795. The molecule has 2 heterocycles. The second kappa shape index (κ2) is 5.26. The molecule has 104 valence electrons. The van der Waals surface area contributed by atoms with E-state index < -0.39 is 5.97 Å². The van der Waals surface area contributed by atoms with E-state index in [-0.39, 0.29) is 6.54 Å². The molecule has 0 atom stereocenters. The van der Waals surface area contributed by atoms with Gasteiger partial charge in [-0.3, -0.25) is 9.48 Å². The van der Waals surface area contributed by atoms with Gasteiger partial charge in [-0.15, -0.1) is 0 Å². The molecule has 1 aromatic carbocycles. The standard InChI is InChI=1S/C14H14ClN3O2/c15-10-3-1-9(2-4-10)14-11-7-16-6-5-12(11)18(17-14)8-13(19)20/h1-4,16H,5-8H2,(H,19,20). The second-order valence-electron chi connectivity index (χ2n) is 4.76. The number of fused-ring (bicyclic) bond motifs is 1. The normalized spacial score (nSPS) is 14.1. The Hall–Kier alpha value is -1.85. The van der Waals surface area contributed by atoms with Crippen LogP contribution in [0.4, 0.5) is 0 Å². The first kappa shape index (κ1) is 13.1. The van der Waals surface area contributed by atoms with E-state index in [1.54, 1.807) is 4.68 Å². The summed E-state index contributed by atoms with van der Waals surface area (Å²) in [6.45, 7) is 1.46. The van der Waals surface area contributed by atoms with E-state index in [0.717, 1.165) is 35.5 Å². The number of nitrogens with one attached hydrogen (secondary N) is 1. The van der Waals surface area contributed by atoms with Gasteiger partial charge >= 0.3 is 5.97 Å². The van der Waals surface area contributed by atoms with Crippen LogP contribution in [-0.4, -0.2) is 27.4 Å². The van der Waals surface area contributed by atoms with Gasteiger partial charge in [0.2, 0.25) is 0 Å². The molecule has 6 heteroatoms. The number of carboxylic acid groups (broad SMARTS) is 1. The van der Waals surface area contributed by atoms with Crippen LogP contribution in [-0.2, 0) is 24.3 Å². The Morgan fingerprint density at radius 2 is 2.15 bits per heavy atom. The van der Waals surface area contributed by atoms with Gasteiger partial charge in [0, 0.05) is 41.4 Å². The third-order valence-corrected chi connectivity index (χ3v) is 3.66. The van der Waals surface area contributed by atoms with Gasteiger partial charge in [0.25, 0.3) is 0 Å². The van der Waals surface area contributed by atoms with Crippen molar-refractivity contribution in [3.8, 4) is 11.3 Å². The molecule has 1 aliphatic heterocycles. The molecule has 0 unspecified atom stereocenters. The molecule has 0 amide bonds. The second-order valence-corrected chi connectivity index (χ2v) is 5.20. The van der Waals surface area contributed by atoms with Crippen LogP contribution in [0.15, 0.2) is 24.3 Å². The minimum Gasteiger partial charge on any atom is -0.480 e. The van der Waals surface area contributed by atoms with Crippen LogP contribution in [0.2, 0.25) is 5.02 Å². The first-order valence-electron chi connectivity index (χ1n) is 6.42. The van der Waals surface area contributed by atoms with Crippen molar-refractivity contribution in [2.45, 2.75) is 19.5 Å². The molecule has 5 nitrogen and oxygen atoms in total. The van der Waals surface area contributed by atoms with Gasteiger partial charge in [-0.25, -0.2) is 0 Å². The van der Waals surface area contributed by atoms with E-state index in [1.165, 1.54) is 0 Å². The Labute approximate surface area is 121 Å². The number of carbonyl (C=O) groups is 1. The maximum atomic E-state index is 11.0. The highest BCUT2D eigenvalue weighted by atomic mass is 35.5. The van der Waals surface area contributed by atoms with Crippen LogP contribution in [0.5, 0.6) is 0 Å². The minimum absolute atomic E-state index is 0.101. The molecular weight excluding hydrogens is 278 g/mol. The summed E-state index contributed by atoms with van der Waals surface area (Å²) in [5, 5.41) is 17.4. The highest BCUT2D eigenvalue weighted by Crippen LogP contribution is 2.28. The molecule has 20 heavy (non-hydrogen) atoms. The van der Waals surface area contributed by atoms with Gasteiger partial charge in [0.15, 0.2) is 0 Å². The molecule has 0 fully saturated rings. The largest absolute Gasteiger partial charge is 0.480 e. The third-order valence-electron chi connectivity index (χ3n) is 3.41. The van der Waals surface area contributed by atoms with Gasteiger partial charge in [-0.2, -0.15) is 5.10 Å². The highest BCUT2D eigenvalue weighted by molar-refractivity contribution is 6.30. The molecule has 0 spiro atoms. The molecule has 3 rings (SSSR count). The number of benzene rings is 1. The lowest BCUT2D eigenvalue weighted by Gasteiger charge is -2.15. The Bertz CT molecular complexity index is 649. The van der Waals surface area contributed by atoms with Crippen molar-refractivity contribution >= 4 is 17.6 Å². The highest BCUT2D eigenvalue weighted by Gasteiger charge is 2.22. The fraction of sp³-hybridized carbons (Fsp3) is 0.286. The fourth-order valence-electron chi connectivity index (χ4n) is 2.52. The van der Waals surface area contributed by atoms with Crippen molar-refractivity contribution in [3.05, 3.63) is 40.5 Å². The zero-order chi connectivity index (χ0) is 14.1. The van der Waals surface area contributed by atoms with Crippen LogP contribution in [0.25, 0.3) is 11.3 Å². The van der Waals surface area contributed by atoms with E-state index >= 15 is 0 Å². The molecule has 0 saturated carbocycles. The smallest absolute Gasteiger partial charge is 0.325 e. The van der Waals surface area contributed by atoms with Crippen molar-refractivity contribution in [3.63, 3.8) is 0 Å². The topological polar surface area (TPSA) is 67.1 Å². The Morgan fingerprint density at radius 1 is 1.40 bits per heavy atom. The molecule has 0 aliphatic carbocycles. The molecule has 0 bridgehead atoms. The monoisotopic (exact) mass is 291 g/mol. The maximum absolute atomic E-state index is 11.0. The number of carboxylic acids is 1. The summed E-state index contributed by atoms with van der Waals surface area (Å²) in [5.41, 5.74) is 3.89. The first-order chi connectivity index (χ1) is 9.65. The van der Waals surface area contributed by atoms with Crippen molar-refractivity contribution < 1.29 is 9.90 Å². The van der Waals surface area contributed by atoms with E-state index in [0.29, 0.717) is 11.6 Å². The number of hydrogen-bond acceptors (Lipinski definition) is 3. The number of aromatic nitrogens is 2. The van der Waals surface area contributed by atoms with Gasteiger partial charge < -0.3 is 10.4 Å². The maximum Gasteiger partial charge on any atom is 0.325 e. The number of nitrogens with zero attached hydrogens (tertiary/aromatic N) is 2. The fourth-order valence-corrected chi connectivity index (χ4v) is 2.64. The summed E-state index contributed by atoms with van der Waals surface area (Å²) >= 11 is 5.90. The average molecular weight is 292 g/mol. The quantitative estimate of drug-likeness (QED) is 0.907. The van der Waals surface area contributed by atoms with E-state index in [1.807, 2.05) is 24.3 Å². The average Bonchev–Trinajstić information content (AvgIpc) is 2.78. The van der Waals surface area contributed by atoms with Crippen LogP contribution in [0.3, 0.4) is 0 Å². The number of hydrogen-bond donors (Lipinski definition) is 2.